The van der Waals surface area contributed by atoms with E-state index in [0.717, 1.165) is 5.56 Å². The van der Waals surface area contributed by atoms with Crippen molar-refractivity contribution in [2.75, 3.05) is 32.7 Å². The number of β-amino-alcohol motifs (C(OH)–C–C–N with tert-alkyl or cyclic N) is 1. The van der Waals surface area contributed by atoms with E-state index in [2.05, 4.69) is 5.32 Å². The highest BCUT2D eigenvalue weighted by molar-refractivity contribution is 5.85. The first-order valence-corrected chi connectivity index (χ1v) is 8.56. The summed E-state index contributed by atoms with van der Waals surface area (Å²) in [5.41, 5.74) is 2.21. The molecule has 0 aromatic heterocycles. The smallest absolute Gasteiger partial charge is 0.239 e. The summed E-state index contributed by atoms with van der Waals surface area (Å²) in [5.74, 6) is 0.151. The molecule has 1 aromatic rings. The van der Waals surface area contributed by atoms with Crippen LogP contribution in [0.3, 0.4) is 0 Å². The molecule has 2 aliphatic heterocycles. The number of aliphatic hydroxyl groups is 1. The number of piperazine rings is 1. The van der Waals surface area contributed by atoms with Crippen LogP contribution in [0.5, 0.6) is 0 Å². The Morgan fingerprint density at radius 2 is 1.72 bits per heavy atom. The van der Waals surface area contributed by atoms with Crippen LogP contribution in [0.4, 0.5) is 0 Å². The Labute approximate surface area is 154 Å². The maximum Gasteiger partial charge on any atom is 0.239 e. The molecule has 7 heteroatoms. The lowest BCUT2D eigenvalue weighted by Gasteiger charge is -2.36. The highest BCUT2D eigenvalue weighted by Gasteiger charge is 2.33. The van der Waals surface area contributed by atoms with E-state index in [1.54, 1.807) is 4.90 Å². The molecule has 2 unspecified atom stereocenters. The van der Waals surface area contributed by atoms with E-state index in [9.17, 15) is 14.7 Å². The van der Waals surface area contributed by atoms with E-state index in [1.807, 2.05) is 36.1 Å². The van der Waals surface area contributed by atoms with E-state index in [0.29, 0.717) is 45.6 Å². The van der Waals surface area contributed by atoms with Crippen molar-refractivity contribution in [1.29, 1.82) is 0 Å². The van der Waals surface area contributed by atoms with Crippen LogP contribution in [0.15, 0.2) is 24.3 Å². The van der Waals surface area contributed by atoms with Gasteiger partial charge in [-0.1, -0.05) is 29.8 Å². The molecule has 2 aliphatic rings. The predicted octanol–water partition coefficient (Wildman–Crippen LogP) is 0.353. The molecule has 0 saturated carbocycles. The largest absolute Gasteiger partial charge is 0.392 e. The molecule has 0 bridgehead atoms. The summed E-state index contributed by atoms with van der Waals surface area (Å²) in [7, 11) is 0. The molecular weight excluding hydrogens is 342 g/mol. The maximum absolute atomic E-state index is 12.4. The predicted molar refractivity (Wildman–Crippen MR) is 97.7 cm³/mol. The fourth-order valence-corrected chi connectivity index (χ4v) is 3.29. The molecule has 2 saturated heterocycles. The molecule has 1 aromatic carbocycles. The molecule has 0 spiro atoms. The van der Waals surface area contributed by atoms with Gasteiger partial charge in [0.1, 0.15) is 0 Å². The minimum absolute atomic E-state index is 0. The van der Waals surface area contributed by atoms with Crippen LogP contribution in [0.2, 0.25) is 0 Å². The Morgan fingerprint density at radius 3 is 2.28 bits per heavy atom. The second-order valence-corrected chi connectivity index (χ2v) is 6.72. The van der Waals surface area contributed by atoms with Gasteiger partial charge < -0.3 is 20.2 Å². The van der Waals surface area contributed by atoms with Crippen LogP contribution in [0.1, 0.15) is 17.5 Å². The molecule has 2 atom stereocenters. The van der Waals surface area contributed by atoms with E-state index in [-0.39, 0.29) is 30.3 Å². The summed E-state index contributed by atoms with van der Waals surface area (Å²) < 4.78 is 0. The summed E-state index contributed by atoms with van der Waals surface area (Å²) >= 11 is 0. The molecule has 2 N–H and O–H groups in total. The lowest BCUT2D eigenvalue weighted by molar-refractivity contribution is -0.140. The molecule has 2 fully saturated rings. The van der Waals surface area contributed by atoms with Gasteiger partial charge in [0, 0.05) is 32.7 Å². The van der Waals surface area contributed by atoms with E-state index < -0.39 is 6.10 Å². The van der Waals surface area contributed by atoms with Crippen molar-refractivity contribution in [3.05, 3.63) is 35.4 Å². The number of hydrogen-bond acceptors (Lipinski definition) is 4. The first kappa shape index (κ1) is 19.7. The summed E-state index contributed by atoms with van der Waals surface area (Å²) in [6, 6.07) is 7.73. The van der Waals surface area contributed by atoms with Crippen molar-refractivity contribution >= 4 is 24.2 Å². The minimum atomic E-state index is -0.434. The zero-order valence-electron chi connectivity index (χ0n) is 14.5. The van der Waals surface area contributed by atoms with Crippen LogP contribution < -0.4 is 5.32 Å². The summed E-state index contributed by atoms with van der Waals surface area (Å²) in [4.78, 5) is 28.4. The number of nitrogens with zero attached hydrogens (tertiary/aromatic N) is 2. The maximum atomic E-state index is 12.4. The standard InChI is InChI=1S/C18H25N3O3.ClH/c1-13-2-4-14(5-3-13)10-17(23)20-6-8-21(9-7-20)18(24)16-11-15(22)12-19-16;/h2-5,15-16,19,22H,6-12H2,1H3;1H. The van der Waals surface area contributed by atoms with Crippen LogP contribution in [-0.4, -0.2) is 71.6 Å². The Bertz CT molecular complexity index is 600. The third kappa shape index (κ3) is 4.93. The number of carbonyl (C=O) groups excluding carboxylic acids is 2. The second kappa shape index (κ2) is 8.65. The molecule has 138 valence electrons. The summed E-state index contributed by atoms with van der Waals surface area (Å²) in [6.45, 7) is 4.78. The molecule has 2 amide bonds. The highest BCUT2D eigenvalue weighted by atomic mass is 35.5. The van der Waals surface area contributed by atoms with Gasteiger partial charge in [0.05, 0.1) is 18.6 Å². The van der Waals surface area contributed by atoms with E-state index in [1.165, 1.54) is 5.56 Å². The SMILES string of the molecule is Cc1ccc(CC(=O)N2CCN(C(=O)C3CC(O)CN3)CC2)cc1.Cl. The zero-order valence-corrected chi connectivity index (χ0v) is 15.3. The second-order valence-electron chi connectivity index (χ2n) is 6.72. The fourth-order valence-electron chi connectivity index (χ4n) is 3.29. The lowest BCUT2D eigenvalue weighted by atomic mass is 10.1. The Balaban J connectivity index is 0.00000225. The number of benzene rings is 1. The van der Waals surface area contributed by atoms with Crippen molar-refractivity contribution in [2.45, 2.75) is 31.9 Å². The third-order valence-corrected chi connectivity index (χ3v) is 4.83. The quantitative estimate of drug-likeness (QED) is 0.808. The topological polar surface area (TPSA) is 72.9 Å². The number of aryl methyl sites for hydroxylation is 1. The van der Waals surface area contributed by atoms with Crippen molar-refractivity contribution in [3.63, 3.8) is 0 Å². The summed E-state index contributed by atoms with van der Waals surface area (Å²) in [5, 5.41) is 12.6. The van der Waals surface area contributed by atoms with Gasteiger partial charge in [-0.2, -0.15) is 0 Å². The number of halogens is 1. The molecule has 2 heterocycles. The normalized spacial score (nSPS) is 23.3. The lowest BCUT2D eigenvalue weighted by Crippen LogP contribution is -2.54. The Morgan fingerprint density at radius 1 is 1.12 bits per heavy atom. The van der Waals surface area contributed by atoms with Crippen molar-refractivity contribution < 1.29 is 14.7 Å². The van der Waals surface area contributed by atoms with Gasteiger partial charge in [0.2, 0.25) is 11.8 Å². The zero-order chi connectivity index (χ0) is 17.1. The number of hydrogen-bond donors (Lipinski definition) is 2. The van der Waals surface area contributed by atoms with Gasteiger partial charge in [-0.15, -0.1) is 12.4 Å². The minimum Gasteiger partial charge on any atom is -0.392 e. The molecular formula is C18H26ClN3O3. The highest BCUT2D eigenvalue weighted by Crippen LogP contribution is 2.13. The van der Waals surface area contributed by atoms with Gasteiger partial charge in [0.15, 0.2) is 0 Å². The molecule has 0 aliphatic carbocycles. The Hall–Kier alpha value is -1.63. The monoisotopic (exact) mass is 367 g/mol. The third-order valence-electron chi connectivity index (χ3n) is 4.83. The number of carbonyl (C=O) groups is 2. The van der Waals surface area contributed by atoms with Crippen LogP contribution in [0.25, 0.3) is 0 Å². The van der Waals surface area contributed by atoms with Crippen LogP contribution in [0, 0.1) is 6.92 Å². The van der Waals surface area contributed by atoms with Gasteiger partial charge in [-0.25, -0.2) is 0 Å². The number of aliphatic hydroxyl groups excluding tert-OH is 1. The average Bonchev–Trinajstić information content (AvgIpc) is 3.03. The molecule has 6 nitrogen and oxygen atoms in total. The average molecular weight is 368 g/mol. The van der Waals surface area contributed by atoms with Gasteiger partial charge in [0.25, 0.3) is 0 Å². The van der Waals surface area contributed by atoms with Crippen LogP contribution >= 0.6 is 12.4 Å². The van der Waals surface area contributed by atoms with Crippen molar-refractivity contribution in [3.8, 4) is 0 Å². The first-order chi connectivity index (χ1) is 11.5. The van der Waals surface area contributed by atoms with Gasteiger partial charge in [-0.05, 0) is 18.9 Å². The van der Waals surface area contributed by atoms with Gasteiger partial charge >= 0.3 is 0 Å². The Kier molecular flexibility index (Phi) is 6.81. The van der Waals surface area contributed by atoms with E-state index in [4.69, 9.17) is 0 Å². The number of amides is 2. The van der Waals surface area contributed by atoms with E-state index >= 15 is 0 Å². The molecule has 0 radical (unpaired) electrons. The van der Waals surface area contributed by atoms with Crippen molar-refractivity contribution in [1.82, 2.24) is 15.1 Å². The van der Waals surface area contributed by atoms with Gasteiger partial charge in [-0.3, -0.25) is 9.59 Å². The first-order valence-electron chi connectivity index (χ1n) is 8.56. The fraction of sp³-hybridized carbons (Fsp3) is 0.556. The summed E-state index contributed by atoms with van der Waals surface area (Å²) in [6.07, 6.45) is 0.451. The molecule has 25 heavy (non-hydrogen) atoms. The van der Waals surface area contributed by atoms with Crippen LogP contribution in [-0.2, 0) is 16.0 Å². The number of rotatable bonds is 3. The number of nitrogens with one attached hydrogen (secondary N) is 1. The van der Waals surface area contributed by atoms with Crippen molar-refractivity contribution in [2.24, 2.45) is 0 Å². The molecule has 3 rings (SSSR count).